The molecule has 0 radical (unpaired) electrons. The number of hydrogen-bond donors (Lipinski definition) is 2. The third-order valence-corrected chi connectivity index (χ3v) is 5.94. The summed E-state index contributed by atoms with van der Waals surface area (Å²) in [5, 5.41) is 11.4. The number of carbonyl (C=O) groups is 2. The lowest BCUT2D eigenvalue weighted by molar-refractivity contribution is 0.0659. The van der Waals surface area contributed by atoms with Gasteiger partial charge in [-0.2, -0.15) is 4.31 Å². The number of furan rings is 1. The molecule has 144 valence electrons. The number of carboxylic acid groups (broad SMARTS) is 1. The van der Waals surface area contributed by atoms with E-state index < -0.39 is 21.9 Å². The van der Waals surface area contributed by atoms with Gasteiger partial charge < -0.3 is 19.6 Å². The Morgan fingerprint density at radius 1 is 1.04 bits per heavy atom. The van der Waals surface area contributed by atoms with E-state index in [4.69, 9.17) is 14.3 Å². The first-order chi connectivity index (χ1) is 12.9. The van der Waals surface area contributed by atoms with Gasteiger partial charge >= 0.3 is 5.97 Å². The van der Waals surface area contributed by atoms with Crippen molar-refractivity contribution in [3.05, 3.63) is 53.5 Å². The van der Waals surface area contributed by atoms with Crippen LogP contribution in [-0.4, -0.2) is 56.0 Å². The molecule has 0 aliphatic carbocycles. The highest BCUT2D eigenvalue weighted by Crippen LogP contribution is 2.18. The zero-order valence-electron chi connectivity index (χ0n) is 14.3. The zero-order chi connectivity index (χ0) is 19.4. The van der Waals surface area contributed by atoms with Crippen molar-refractivity contribution in [3.63, 3.8) is 0 Å². The Morgan fingerprint density at radius 3 is 2.26 bits per heavy atom. The summed E-state index contributed by atoms with van der Waals surface area (Å²) < 4.78 is 36.6. The van der Waals surface area contributed by atoms with E-state index in [-0.39, 0.29) is 23.0 Å². The van der Waals surface area contributed by atoms with Crippen LogP contribution in [0.2, 0.25) is 0 Å². The van der Waals surface area contributed by atoms with Crippen molar-refractivity contribution in [1.82, 2.24) is 9.62 Å². The van der Waals surface area contributed by atoms with Crippen LogP contribution < -0.4 is 5.32 Å². The van der Waals surface area contributed by atoms with E-state index in [9.17, 15) is 18.0 Å². The minimum atomic E-state index is -3.56. The summed E-state index contributed by atoms with van der Waals surface area (Å²) in [5.41, 5.74) is 0.689. The van der Waals surface area contributed by atoms with Gasteiger partial charge in [-0.15, -0.1) is 0 Å². The van der Waals surface area contributed by atoms with Gasteiger partial charge in [-0.3, -0.25) is 4.79 Å². The van der Waals surface area contributed by atoms with E-state index >= 15 is 0 Å². The normalized spacial score (nSPS) is 15.4. The molecule has 0 saturated carbocycles. The lowest BCUT2D eigenvalue weighted by Gasteiger charge is -2.26. The fourth-order valence-corrected chi connectivity index (χ4v) is 3.97. The first-order valence-electron chi connectivity index (χ1n) is 8.16. The van der Waals surface area contributed by atoms with Crippen LogP contribution in [0.3, 0.4) is 0 Å². The van der Waals surface area contributed by atoms with Crippen molar-refractivity contribution in [3.8, 4) is 0 Å². The topological polar surface area (TPSA) is 126 Å². The van der Waals surface area contributed by atoms with Crippen molar-refractivity contribution in [2.45, 2.75) is 11.4 Å². The molecule has 1 saturated heterocycles. The molecular formula is C17H18N2O7S. The van der Waals surface area contributed by atoms with E-state index in [1.165, 1.54) is 28.6 Å². The molecule has 0 bridgehead atoms. The van der Waals surface area contributed by atoms with Crippen molar-refractivity contribution in [2.75, 3.05) is 26.3 Å². The Kier molecular flexibility index (Phi) is 5.59. The van der Waals surface area contributed by atoms with E-state index in [0.717, 1.165) is 0 Å². The summed E-state index contributed by atoms with van der Waals surface area (Å²) in [6.07, 6.45) is 0. The first-order valence-corrected chi connectivity index (χ1v) is 9.60. The number of morpholine rings is 1. The number of nitrogens with zero attached hydrogens (tertiary/aromatic N) is 1. The number of rotatable bonds is 6. The standard InChI is InChI=1S/C17H18N2O7S/c20-16(14-5-6-15(26-14)17(21)22)18-11-12-1-3-13(4-2-12)27(23,24)19-7-9-25-10-8-19/h1-6H,7-11H2,(H,18,20)(H,21,22). The van der Waals surface area contributed by atoms with Gasteiger partial charge in [-0.25, -0.2) is 13.2 Å². The molecule has 3 rings (SSSR count). The number of nitrogens with one attached hydrogen (secondary N) is 1. The lowest BCUT2D eigenvalue weighted by atomic mass is 10.2. The van der Waals surface area contributed by atoms with E-state index in [1.54, 1.807) is 12.1 Å². The molecule has 1 aromatic heterocycles. The molecule has 0 unspecified atom stereocenters. The molecule has 1 aliphatic rings. The van der Waals surface area contributed by atoms with Gasteiger partial charge in [0.25, 0.3) is 5.91 Å². The maximum Gasteiger partial charge on any atom is 0.371 e. The van der Waals surface area contributed by atoms with Crippen LogP contribution in [0.4, 0.5) is 0 Å². The van der Waals surface area contributed by atoms with Crippen LogP contribution >= 0.6 is 0 Å². The summed E-state index contributed by atoms with van der Waals surface area (Å²) in [6, 6.07) is 8.67. The predicted octanol–water partition coefficient (Wildman–Crippen LogP) is 0.929. The van der Waals surface area contributed by atoms with Crippen LogP contribution in [-0.2, 0) is 21.3 Å². The molecule has 2 aromatic rings. The molecule has 1 aromatic carbocycles. The maximum atomic E-state index is 12.5. The van der Waals surface area contributed by atoms with Crippen molar-refractivity contribution in [1.29, 1.82) is 0 Å². The summed E-state index contributed by atoms with van der Waals surface area (Å²) in [4.78, 5) is 22.9. The maximum absolute atomic E-state index is 12.5. The second-order valence-corrected chi connectivity index (χ2v) is 7.75. The lowest BCUT2D eigenvalue weighted by Crippen LogP contribution is -2.40. The van der Waals surface area contributed by atoms with Gasteiger partial charge in [-0.05, 0) is 29.8 Å². The molecule has 0 spiro atoms. The van der Waals surface area contributed by atoms with Crippen LogP contribution in [0.5, 0.6) is 0 Å². The molecule has 27 heavy (non-hydrogen) atoms. The number of ether oxygens (including phenoxy) is 1. The third kappa shape index (κ3) is 4.35. The Morgan fingerprint density at radius 2 is 1.67 bits per heavy atom. The SMILES string of the molecule is O=C(O)c1ccc(C(=O)NCc2ccc(S(=O)(=O)N3CCOCC3)cc2)o1. The average molecular weight is 394 g/mol. The van der Waals surface area contributed by atoms with Gasteiger partial charge in [0.2, 0.25) is 15.8 Å². The van der Waals surface area contributed by atoms with E-state index in [1.807, 2.05) is 0 Å². The fourth-order valence-electron chi connectivity index (χ4n) is 2.56. The monoisotopic (exact) mass is 394 g/mol. The van der Waals surface area contributed by atoms with Crippen molar-refractivity contribution >= 4 is 21.9 Å². The number of carbonyl (C=O) groups excluding carboxylic acids is 1. The Bertz CT molecular complexity index is 928. The molecule has 2 heterocycles. The number of carboxylic acids is 1. The summed E-state index contributed by atoms with van der Waals surface area (Å²) >= 11 is 0. The summed E-state index contributed by atoms with van der Waals surface area (Å²) in [5.74, 6) is -2.25. The van der Waals surface area contributed by atoms with Crippen LogP contribution in [0.1, 0.15) is 26.7 Å². The molecular weight excluding hydrogens is 376 g/mol. The van der Waals surface area contributed by atoms with Gasteiger partial charge in [0.1, 0.15) is 0 Å². The Labute approximate surface area is 155 Å². The number of sulfonamides is 1. The van der Waals surface area contributed by atoms with Crippen LogP contribution in [0.15, 0.2) is 45.7 Å². The van der Waals surface area contributed by atoms with Crippen LogP contribution in [0, 0.1) is 0 Å². The Hall–Kier alpha value is -2.69. The second-order valence-electron chi connectivity index (χ2n) is 5.81. The predicted molar refractivity (Wildman–Crippen MR) is 92.9 cm³/mol. The van der Waals surface area contributed by atoms with Gasteiger partial charge in [0, 0.05) is 19.6 Å². The highest BCUT2D eigenvalue weighted by Gasteiger charge is 2.26. The first kappa shape index (κ1) is 19.1. The van der Waals surface area contributed by atoms with Crippen molar-refractivity contribution < 1.29 is 32.3 Å². The molecule has 1 amide bonds. The summed E-state index contributed by atoms with van der Waals surface area (Å²) in [6.45, 7) is 1.53. The zero-order valence-corrected chi connectivity index (χ0v) is 15.1. The molecule has 2 N–H and O–H groups in total. The molecule has 0 atom stereocenters. The quantitative estimate of drug-likeness (QED) is 0.746. The van der Waals surface area contributed by atoms with Gasteiger partial charge in [0.05, 0.1) is 18.1 Å². The number of hydrogen-bond acceptors (Lipinski definition) is 6. The van der Waals surface area contributed by atoms with Gasteiger partial charge in [0.15, 0.2) is 5.76 Å². The molecule has 9 nitrogen and oxygen atoms in total. The minimum absolute atomic E-state index is 0.112. The number of aromatic carboxylic acids is 1. The smallest absolute Gasteiger partial charge is 0.371 e. The van der Waals surface area contributed by atoms with E-state index in [2.05, 4.69) is 5.32 Å². The highest BCUT2D eigenvalue weighted by molar-refractivity contribution is 7.89. The largest absolute Gasteiger partial charge is 0.475 e. The third-order valence-electron chi connectivity index (χ3n) is 4.02. The van der Waals surface area contributed by atoms with Crippen molar-refractivity contribution in [2.24, 2.45) is 0 Å². The molecule has 1 fully saturated rings. The Balaban J connectivity index is 1.61. The number of benzene rings is 1. The van der Waals surface area contributed by atoms with Crippen LogP contribution in [0.25, 0.3) is 0 Å². The molecule has 10 heteroatoms. The average Bonchev–Trinajstić information content (AvgIpc) is 3.18. The number of amides is 1. The second kappa shape index (κ2) is 7.91. The molecule has 1 aliphatic heterocycles. The summed E-state index contributed by atoms with van der Waals surface area (Å²) in [7, 11) is -3.56. The fraction of sp³-hybridized carbons (Fsp3) is 0.294. The highest BCUT2D eigenvalue weighted by atomic mass is 32.2. The minimum Gasteiger partial charge on any atom is -0.475 e. The van der Waals surface area contributed by atoms with Gasteiger partial charge in [-0.1, -0.05) is 12.1 Å². The van der Waals surface area contributed by atoms with E-state index in [0.29, 0.717) is 31.9 Å².